The molecule has 0 fully saturated rings. The zero-order valence-electron chi connectivity index (χ0n) is 20.8. The van der Waals surface area contributed by atoms with Gasteiger partial charge in [-0.3, -0.25) is 9.59 Å². The van der Waals surface area contributed by atoms with E-state index in [1.165, 1.54) is 6.26 Å². The van der Waals surface area contributed by atoms with Crippen LogP contribution in [0.3, 0.4) is 0 Å². The normalized spacial score (nSPS) is 12.8. The van der Waals surface area contributed by atoms with Crippen molar-refractivity contribution in [3.05, 3.63) is 83.9 Å². The first kappa shape index (κ1) is 24.9. The SMILES string of the molecule is COc1cccc(C(CNC(=O)C(NC(=O)c2ccco2)C(C)C)c2c[nH]c3ccccc23)c1OC. The average Bonchev–Trinajstić information content (AvgIpc) is 3.57. The van der Waals surface area contributed by atoms with Gasteiger partial charge in [0.1, 0.15) is 6.04 Å². The molecule has 8 nitrogen and oxygen atoms in total. The van der Waals surface area contributed by atoms with Gasteiger partial charge in [-0.2, -0.15) is 0 Å². The largest absolute Gasteiger partial charge is 0.493 e. The number of amides is 2. The summed E-state index contributed by atoms with van der Waals surface area (Å²) >= 11 is 0. The van der Waals surface area contributed by atoms with Crippen molar-refractivity contribution in [1.29, 1.82) is 0 Å². The molecule has 2 amide bonds. The lowest BCUT2D eigenvalue weighted by molar-refractivity contribution is -0.123. The zero-order valence-corrected chi connectivity index (χ0v) is 20.8. The summed E-state index contributed by atoms with van der Waals surface area (Å²) in [5.74, 6) is 0.276. The number of benzene rings is 2. The van der Waals surface area contributed by atoms with Crippen molar-refractivity contribution < 1.29 is 23.5 Å². The van der Waals surface area contributed by atoms with E-state index in [1.54, 1.807) is 26.4 Å². The van der Waals surface area contributed by atoms with Crippen LogP contribution in [0.25, 0.3) is 10.9 Å². The average molecular weight is 490 g/mol. The number of nitrogens with one attached hydrogen (secondary N) is 3. The van der Waals surface area contributed by atoms with E-state index in [0.717, 1.165) is 22.0 Å². The molecule has 0 aliphatic heterocycles. The summed E-state index contributed by atoms with van der Waals surface area (Å²) in [6.45, 7) is 4.05. The maximum Gasteiger partial charge on any atom is 0.287 e. The Hall–Kier alpha value is -4.20. The van der Waals surface area contributed by atoms with Crippen molar-refractivity contribution >= 4 is 22.7 Å². The number of ether oxygens (including phenoxy) is 2. The lowest BCUT2D eigenvalue weighted by Crippen LogP contribution is -2.50. The first-order valence-corrected chi connectivity index (χ1v) is 11.8. The predicted octanol–water partition coefficient (Wildman–Crippen LogP) is 4.48. The Morgan fingerprint density at radius 3 is 2.47 bits per heavy atom. The van der Waals surface area contributed by atoms with Crippen LogP contribution in [0.2, 0.25) is 0 Å². The van der Waals surface area contributed by atoms with Gasteiger partial charge in [0.15, 0.2) is 17.3 Å². The molecule has 8 heteroatoms. The summed E-state index contributed by atoms with van der Waals surface area (Å²) < 4.78 is 16.4. The fourth-order valence-corrected chi connectivity index (χ4v) is 4.42. The molecule has 188 valence electrons. The maximum atomic E-state index is 13.3. The Labute approximate surface area is 210 Å². The molecule has 0 aliphatic carbocycles. The second-order valence-electron chi connectivity index (χ2n) is 8.84. The summed E-state index contributed by atoms with van der Waals surface area (Å²) in [7, 11) is 3.20. The number of H-pyrrole nitrogens is 1. The van der Waals surface area contributed by atoms with Gasteiger partial charge < -0.3 is 29.5 Å². The Kier molecular flexibility index (Phi) is 7.63. The summed E-state index contributed by atoms with van der Waals surface area (Å²) in [5, 5.41) is 6.90. The number of aromatic amines is 1. The van der Waals surface area contributed by atoms with Gasteiger partial charge in [-0.15, -0.1) is 0 Å². The highest BCUT2D eigenvalue weighted by Crippen LogP contribution is 2.40. The number of hydrogen-bond acceptors (Lipinski definition) is 5. The minimum absolute atomic E-state index is 0.137. The second kappa shape index (κ2) is 11.0. The third-order valence-electron chi connectivity index (χ3n) is 6.27. The summed E-state index contributed by atoms with van der Waals surface area (Å²) in [6, 6.07) is 16.2. The van der Waals surface area contributed by atoms with Crippen LogP contribution in [0.15, 0.2) is 71.5 Å². The second-order valence-corrected chi connectivity index (χ2v) is 8.84. The molecule has 0 radical (unpaired) electrons. The molecule has 2 unspecified atom stereocenters. The van der Waals surface area contributed by atoms with Crippen molar-refractivity contribution in [1.82, 2.24) is 15.6 Å². The van der Waals surface area contributed by atoms with Crippen molar-refractivity contribution in [2.24, 2.45) is 5.92 Å². The third kappa shape index (κ3) is 5.07. The van der Waals surface area contributed by atoms with Crippen LogP contribution in [0.1, 0.15) is 41.4 Å². The summed E-state index contributed by atoms with van der Waals surface area (Å²) in [6.07, 6.45) is 3.38. The molecule has 4 aromatic rings. The molecule has 2 aromatic carbocycles. The quantitative estimate of drug-likeness (QED) is 0.305. The van der Waals surface area contributed by atoms with E-state index < -0.39 is 11.9 Å². The molecule has 2 atom stereocenters. The van der Waals surface area contributed by atoms with Gasteiger partial charge in [0.05, 0.1) is 20.5 Å². The maximum absolute atomic E-state index is 13.3. The topological polar surface area (TPSA) is 106 Å². The minimum Gasteiger partial charge on any atom is -0.493 e. The summed E-state index contributed by atoms with van der Waals surface area (Å²) in [4.78, 5) is 29.2. The molecule has 2 aromatic heterocycles. The van der Waals surface area contributed by atoms with Crippen LogP contribution < -0.4 is 20.1 Å². The van der Waals surface area contributed by atoms with E-state index in [9.17, 15) is 9.59 Å². The van der Waals surface area contributed by atoms with Crippen molar-refractivity contribution in [2.45, 2.75) is 25.8 Å². The van der Waals surface area contributed by atoms with Gasteiger partial charge in [-0.1, -0.05) is 44.2 Å². The summed E-state index contributed by atoms with van der Waals surface area (Å²) in [5.41, 5.74) is 2.89. The van der Waals surface area contributed by atoms with Gasteiger partial charge in [0.2, 0.25) is 5.91 Å². The Bertz CT molecular complexity index is 1330. The van der Waals surface area contributed by atoms with E-state index in [0.29, 0.717) is 11.5 Å². The molecule has 0 saturated heterocycles. The standard InChI is InChI=1S/C28H31N3O5/c1-17(2)25(31-27(32)24-13-8-14-36-24)28(33)30-16-21(19-10-7-12-23(34-3)26(19)35-4)20-15-29-22-11-6-5-9-18(20)22/h5-15,17,21,25,29H,16H2,1-4H3,(H,30,33)(H,31,32). The number of carbonyl (C=O) groups excluding carboxylic acids is 2. The number of methoxy groups -OCH3 is 2. The third-order valence-corrected chi connectivity index (χ3v) is 6.27. The molecular formula is C28H31N3O5. The van der Waals surface area contributed by atoms with Gasteiger partial charge in [0, 0.05) is 35.1 Å². The highest BCUT2D eigenvalue weighted by molar-refractivity contribution is 5.95. The molecule has 2 heterocycles. The molecule has 36 heavy (non-hydrogen) atoms. The monoisotopic (exact) mass is 489 g/mol. The Morgan fingerprint density at radius 2 is 1.78 bits per heavy atom. The van der Waals surface area contributed by atoms with E-state index in [1.807, 2.05) is 62.5 Å². The highest BCUT2D eigenvalue weighted by Gasteiger charge is 2.28. The molecular weight excluding hydrogens is 458 g/mol. The lowest BCUT2D eigenvalue weighted by atomic mass is 9.89. The number of rotatable bonds is 10. The van der Waals surface area contributed by atoms with Crippen molar-refractivity contribution in [3.8, 4) is 11.5 Å². The molecule has 0 aliphatic rings. The van der Waals surface area contributed by atoms with Crippen LogP contribution in [0, 0.1) is 5.92 Å². The first-order valence-electron chi connectivity index (χ1n) is 11.8. The Morgan fingerprint density at radius 1 is 0.972 bits per heavy atom. The fourth-order valence-electron chi connectivity index (χ4n) is 4.42. The number of fused-ring (bicyclic) bond motifs is 1. The van der Waals surface area contributed by atoms with E-state index in [-0.39, 0.29) is 30.0 Å². The fraction of sp³-hybridized carbons (Fsp3) is 0.286. The van der Waals surface area contributed by atoms with Crippen LogP contribution in [0.5, 0.6) is 11.5 Å². The number of furan rings is 1. The molecule has 0 spiro atoms. The Balaban J connectivity index is 1.64. The van der Waals surface area contributed by atoms with Crippen LogP contribution in [0.4, 0.5) is 0 Å². The van der Waals surface area contributed by atoms with Crippen LogP contribution in [-0.4, -0.2) is 43.6 Å². The smallest absolute Gasteiger partial charge is 0.287 e. The number of hydrogen-bond donors (Lipinski definition) is 3. The molecule has 4 rings (SSSR count). The zero-order chi connectivity index (χ0) is 25.7. The van der Waals surface area contributed by atoms with Crippen molar-refractivity contribution in [3.63, 3.8) is 0 Å². The highest BCUT2D eigenvalue weighted by atomic mass is 16.5. The molecule has 0 saturated carbocycles. The van der Waals surface area contributed by atoms with E-state index in [2.05, 4.69) is 15.6 Å². The first-order chi connectivity index (χ1) is 17.4. The number of aromatic nitrogens is 1. The van der Waals surface area contributed by atoms with Crippen LogP contribution in [-0.2, 0) is 4.79 Å². The van der Waals surface area contributed by atoms with Crippen molar-refractivity contribution in [2.75, 3.05) is 20.8 Å². The van der Waals surface area contributed by atoms with Gasteiger partial charge in [-0.25, -0.2) is 0 Å². The van der Waals surface area contributed by atoms with Gasteiger partial charge in [-0.05, 0) is 35.7 Å². The van der Waals surface area contributed by atoms with Gasteiger partial charge in [0.25, 0.3) is 5.91 Å². The molecule has 3 N–H and O–H groups in total. The molecule has 0 bridgehead atoms. The predicted molar refractivity (Wildman–Crippen MR) is 137 cm³/mol. The van der Waals surface area contributed by atoms with Gasteiger partial charge >= 0.3 is 0 Å². The lowest BCUT2D eigenvalue weighted by Gasteiger charge is -2.25. The minimum atomic E-state index is -0.738. The van der Waals surface area contributed by atoms with E-state index >= 15 is 0 Å². The van der Waals surface area contributed by atoms with Crippen LogP contribution >= 0.6 is 0 Å². The number of para-hydroxylation sites is 2. The van der Waals surface area contributed by atoms with E-state index in [4.69, 9.17) is 13.9 Å². The number of carbonyl (C=O) groups is 2.